The number of hydrogen-bond donors (Lipinski definition) is 0. The van der Waals surface area contributed by atoms with Gasteiger partial charge in [-0.3, -0.25) is 19.2 Å². The molecular formula is C24H28O9. The maximum absolute atomic E-state index is 13.9. The monoisotopic (exact) mass is 460 g/mol. The predicted molar refractivity (Wildman–Crippen MR) is 109 cm³/mol. The summed E-state index contributed by atoms with van der Waals surface area (Å²) in [6.07, 6.45) is 3.59. The predicted octanol–water partition coefficient (Wildman–Crippen LogP) is 2.52. The molecule has 0 aromatic carbocycles. The van der Waals surface area contributed by atoms with Crippen LogP contribution in [0, 0.1) is 22.7 Å². The van der Waals surface area contributed by atoms with Crippen LogP contribution < -0.4 is 0 Å². The lowest BCUT2D eigenvalue weighted by Gasteiger charge is -2.60. The molecule has 5 rings (SSSR count). The van der Waals surface area contributed by atoms with Gasteiger partial charge >= 0.3 is 17.9 Å². The molecule has 0 radical (unpaired) electrons. The van der Waals surface area contributed by atoms with E-state index in [1.165, 1.54) is 26.4 Å². The molecule has 33 heavy (non-hydrogen) atoms. The molecule has 1 aromatic heterocycles. The molecule has 2 saturated heterocycles. The third-order valence-electron chi connectivity index (χ3n) is 8.45. The molecule has 1 aromatic rings. The molecule has 7 atom stereocenters. The van der Waals surface area contributed by atoms with E-state index in [1.54, 1.807) is 13.0 Å². The number of carbonyl (C=O) groups is 4. The minimum atomic E-state index is -1.18. The number of ketones is 1. The van der Waals surface area contributed by atoms with Crippen LogP contribution in [0.3, 0.4) is 0 Å². The lowest BCUT2D eigenvalue weighted by Crippen LogP contribution is -2.71. The Labute approximate surface area is 191 Å². The van der Waals surface area contributed by atoms with E-state index in [0.717, 1.165) is 12.0 Å². The van der Waals surface area contributed by atoms with Crippen molar-refractivity contribution in [2.75, 3.05) is 13.2 Å². The number of cyclic esters (lactones) is 1. The maximum atomic E-state index is 13.9. The Bertz CT molecular complexity index is 994. The quantitative estimate of drug-likeness (QED) is 0.379. The fourth-order valence-electron chi connectivity index (χ4n) is 6.89. The van der Waals surface area contributed by atoms with Crippen LogP contribution in [0.4, 0.5) is 0 Å². The standard InChI is InChI=1S/C24H28O9/c1-13-19(27)20(32-15(3)26)24(12-30-14(2)25)18(5-4-7-22(24)11-31-22)23(13)9-17(33-21(23)28)16-6-8-29-10-16/h6,8,10,13,17-18,20H,4-5,7,9,11-12H2,1-3H3/t13-,17-,18+,20-,22+,23-,24+/m0/s1. The molecular weight excluding hydrogens is 432 g/mol. The Hall–Kier alpha value is -2.68. The molecule has 0 amide bonds. The largest absolute Gasteiger partial charge is 0.472 e. The molecule has 4 fully saturated rings. The molecule has 0 bridgehead atoms. The van der Waals surface area contributed by atoms with Gasteiger partial charge < -0.3 is 23.4 Å². The zero-order valence-electron chi connectivity index (χ0n) is 19.0. The number of fused-ring (bicyclic) bond motifs is 3. The van der Waals surface area contributed by atoms with E-state index < -0.39 is 58.4 Å². The van der Waals surface area contributed by atoms with Crippen molar-refractivity contribution in [1.29, 1.82) is 0 Å². The van der Waals surface area contributed by atoms with Crippen molar-refractivity contribution < 1.29 is 42.5 Å². The van der Waals surface area contributed by atoms with Crippen molar-refractivity contribution in [2.45, 2.75) is 64.3 Å². The van der Waals surface area contributed by atoms with Gasteiger partial charge in [0.15, 0.2) is 11.9 Å². The summed E-state index contributed by atoms with van der Waals surface area (Å²) in [6.45, 7) is 4.42. The molecule has 0 unspecified atom stereocenters. The van der Waals surface area contributed by atoms with Gasteiger partial charge in [0.25, 0.3) is 0 Å². The van der Waals surface area contributed by atoms with E-state index >= 15 is 0 Å². The third-order valence-corrected chi connectivity index (χ3v) is 8.45. The van der Waals surface area contributed by atoms with Crippen LogP contribution >= 0.6 is 0 Å². The van der Waals surface area contributed by atoms with Gasteiger partial charge in [0.2, 0.25) is 0 Å². The first kappa shape index (κ1) is 22.1. The third kappa shape index (κ3) is 2.94. The summed E-state index contributed by atoms with van der Waals surface area (Å²) in [5.74, 6) is -3.14. The molecule has 3 heterocycles. The van der Waals surface area contributed by atoms with E-state index in [0.29, 0.717) is 19.4 Å². The second kappa shape index (κ2) is 7.41. The molecule has 2 aliphatic carbocycles. The van der Waals surface area contributed by atoms with Gasteiger partial charge in [-0.05, 0) is 24.8 Å². The molecule has 0 N–H and O–H groups in total. The van der Waals surface area contributed by atoms with Gasteiger partial charge in [-0.25, -0.2) is 0 Å². The number of epoxide rings is 1. The van der Waals surface area contributed by atoms with Gasteiger partial charge in [-0.2, -0.15) is 0 Å². The van der Waals surface area contributed by atoms with Crippen molar-refractivity contribution in [2.24, 2.45) is 22.7 Å². The van der Waals surface area contributed by atoms with Gasteiger partial charge in [0.1, 0.15) is 18.3 Å². The van der Waals surface area contributed by atoms with Gasteiger partial charge in [-0.1, -0.05) is 13.3 Å². The Morgan fingerprint density at radius 3 is 2.58 bits per heavy atom. The smallest absolute Gasteiger partial charge is 0.313 e. The van der Waals surface area contributed by atoms with Crippen LogP contribution in [0.1, 0.15) is 58.1 Å². The first-order valence-electron chi connectivity index (χ1n) is 11.4. The molecule has 2 spiro atoms. The Kier molecular flexibility index (Phi) is 4.97. The summed E-state index contributed by atoms with van der Waals surface area (Å²) in [5, 5.41) is 0. The highest BCUT2D eigenvalue weighted by Gasteiger charge is 2.80. The van der Waals surface area contributed by atoms with Gasteiger partial charge in [0.05, 0.1) is 30.0 Å². The summed E-state index contributed by atoms with van der Waals surface area (Å²) in [5.41, 5.74) is -2.41. The fourth-order valence-corrected chi connectivity index (χ4v) is 6.89. The zero-order chi connectivity index (χ0) is 23.6. The average molecular weight is 460 g/mol. The van der Waals surface area contributed by atoms with E-state index in [2.05, 4.69) is 0 Å². The minimum absolute atomic E-state index is 0.172. The number of ether oxygens (including phenoxy) is 4. The topological polar surface area (TPSA) is 122 Å². The number of Topliss-reactive ketones (excluding diaryl/α,β-unsaturated/α-hetero) is 1. The highest BCUT2D eigenvalue weighted by Crippen LogP contribution is 2.70. The zero-order valence-corrected chi connectivity index (χ0v) is 19.0. The molecule has 9 nitrogen and oxygen atoms in total. The van der Waals surface area contributed by atoms with Gasteiger partial charge in [-0.15, -0.1) is 0 Å². The summed E-state index contributed by atoms with van der Waals surface area (Å²) in [4.78, 5) is 51.5. The van der Waals surface area contributed by atoms with Crippen LogP contribution in [0.2, 0.25) is 0 Å². The second-order valence-electron chi connectivity index (χ2n) is 9.86. The maximum Gasteiger partial charge on any atom is 0.313 e. The lowest BCUT2D eigenvalue weighted by molar-refractivity contribution is -0.223. The van der Waals surface area contributed by atoms with Crippen LogP contribution in [-0.2, 0) is 38.1 Å². The number of esters is 3. The summed E-state index contributed by atoms with van der Waals surface area (Å²) >= 11 is 0. The number of hydrogen-bond acceptors (Lipinski definition) is 9. The SMILES string of the molecule is CC(=O)OC[C@]12[C@H](CCC[C@@]13CO3)[C@]1(C[C@@H](c3ccoc3)OC1=O)[C@@H](C)C(=O)[C@@H]2OC(C)=O. The Morgan fingerprint density at radius 1 is 1.21 bits per heavy atom. The molecule has 178 valence electrons. The minimum Gasteiger partial charge on any atom is -0.472 e. The van der Waals surface area contributed by atoms with E-state index in [1.807, 2.05) is 0 Å². The Balaban J connectivity index is 1.67. The average Bonchev–Trinajstić information content (AvgIpc) is 3.19. The van der Waals surface area contributed by atoms with Crippen molar-refractivity contribution in [3.8, 4) is 0 Å². The number of carbonyl (C=O) groups excluding carboxylic acids is 4. The molecule has 9 heteroatoms. The number of rotatable bonds is 4. The van der Waals surface area contributed by atoms with E-state index in [-0.39, 0.29) is 18.8 Å². The molecule has 4 aliphatic rings. The van der Waals surface area contributed by atoms with E-state index in [9.17, 15) is 19.2 Å². The van der Waals surface area contributed by atoms with Crippen molar-refractivity contribution in [3.63, 3.8) is 0 Å². The lowest BCUT2D eigenvalue weighted by atomic mass is 9.42. The fraction of sp³-hybridized carbons (Fsp3) is 0.667. The van der Waals surface area contributed by atoms with Crippen LogP contribution in [0.5, 0.6) is 0 Å². The van der Waals surface area contributed by atoms with Crippen molar-refractivity contribution in [3.05, 3.63) is 24.2 Å². The van der Waals surface area contributed by atoms with Crippen LogP contribution in [0.15, 0.2) is 23.0 Å². The van der Waals surface area contributed by atoms with Crippen molar-refractivity contribution >= 4 is 23.7 Å². The summed E-state index contributed by atoms with van der Waals surface area (Å²) in [6, 6.07) is 1.74. The van der Waals surface area contributed by atoms with Crippen molar-refractivity contribution in [1.82, 2.24) is 0 Å². The molecule has 2 aliphatic heterocycles. The summed E-state index contributed by atoms with van der Waals surface area (Å²) < 4.78 is 28.2. The number of furan rings is 1. The highest BCUT2D eigenvalue weighted by molar-refractivity contribution is 5.96. The first-order valence-corrected chi connectivity index (χ1v) is 11.4. The Morgan fingerprint density at radius 2 is 1.97 bits per heavy atom. The molecule has 2 saturated carbocycles. The second-order valence-corrected chi connectivity index (χ2v) is 9.86. The summed E-state index contributed by atoms with van der Waals surface area (Å²) in [7, 11) is 0. The van der Waals surface area contributed by atoms with E-state index in [4.69, 9.17) is 23.4 Å². The van der Waals surface area contributed by atoms with Crippen LogP contribution in [-0.4, -0.2) is 48.6 Å². The highest BCUT2D eigenvalue weighted by atomic mass is 16.6. The van der Waals surface area contributed by atoms with Gasteiger partial charge in [0, 0.05) is 31.7 Å². The van der Waals surface area contributed by atoms with Crippen LogP contribution in [0.25, 0.3) is 0 Å². The normalized spacial score (nSPS) is 41.5. The first-order chi connectivity index (χ1) is 15.7.